The van der Waals surface area contributed by atoms with Crippen LogP contribution in [-0.4, -0.2) is 9.97 Å². The summed E-state index contributed by atoms with van der Waals surface area (Å²) in [5.74, 6) is 0.123. The Kier molecular flexibility index (Phi) is 4.22. The van der Waals surface area contributed by atoms with E-state index < -0.39 is 0 Å². The van der Waals surface area contributed by atoms with E-state index in [1.54, 1.807) is 18.3 Å². The number of aromatic nitrogens is 2. The second-order valence-electron chi connectivity index (χ2n) is 4.44. The summed E-state index contributed by atoms with van der Waals surface area (Å²) in [4.78, 5) is 8.28. The molecule has 0 unspecified atom stereocenters. The summed E-state index contributed by atoms with van der Waals surface area (Å²) >= 11 is 7.38. The highest BCUT2D eigenvalue weighted by atomic mass is 35.5. The van der Waals surface area contributed by atoms with E-state index in [1.165, 1.54) is 17.4 Å². The van der Waals surface area contributed by atoms with Crippen molar-refractivity contribution in [3.63, 3.8) is 0 Å². The topological polar surface area (TPSA) is 49.8 Å². The van der Waals surface area contributed by atoms with Gasteiger partial charge in [-0.1, -0.05) is 6.08 Å². The first-order valence-corrected chi connectivity index (χ1v) is 7.78. The molecule has 0 amide bonds. The number of fused-ring (bicyclic) bond motifs is 1. The molecule has 0 radical (unpaired) electrons. The summed E-state index contributed by atoms with van der Waals surface area (Å²) in [5, 5.41) is 8.05. The van der Waals surface area contributed by atoms with Crippen molar-refractivity contribution in [3.05, 3.63) is 53.0 Å². The third-order valence-electron chi connectivity index (χ3n) is 2.91. The number of halogens is 2. The van der Waals surface area contributed by atoms with Crippen molar-refractivity contribution in [2.45, 2.75) is 6.92 Å². The monoisotopic (exact) mass is 334 g/mol. The van der Waals surface area contributed by atoms with E-state index in [2.05, 4.69) is 20.6 Å². The minimum atomic E-state index is -0.370. The first-order valence-electron chi connectivity index (χ1n) is 6.52. The van der Waals surface area contributed by atoms with Gasteiger partial charge in [-0.15, -0.1) is 11.3 Å². The second-order valence-corrected chi connectivity index (χ2v) is 5.69. The van der Waals surface area contributed by atoms with Crippen LogP contribution < -0.4 is 10.6 Å². The highest BCUT2D eigenvalue weighted by molar-refractivity contribution is 7.17. The minimum Gasteiger partial charge on any atom is -0.362 e. The van der Waals surface area contributed by atoms with Gasteiger partial charge in [-0.3, -0.25) is 0 Å². The third kappa shape index (κ3) is 3.03. The van der Waals surface area contributed by atoms with Crippen molar-refractivity contribution in [1.29, 1.82) is 0 Å². The maximum Gasteiger partial charge on any atom is 0.224 e. The fourth-order valence-electron chi connectivity index (χ4n) is 1.94. The summed E-state index contributed by atoms with van der Waals surface area (Å²) in [6.07, 6.45) is 3.63. The molecule has 0 bridgehead atoms. The Labute approximate surface area is 135 Å². The molecule has 4 nitrogen and oxygen atoms in total. The van der Waals surface area contributed by atoms with Gasteiger partial charge in [0.05, 0.1) is 15.9 Å². The second kappa shape index (κ2) is 6.29. The largest absolute Gasteiger partial charge is 0.362 e. The van der Waals surface area contributed by atoms with Crippen LogP contribution >= 0.6 is 22.9 Å². The molecule has 1 aromatic carbocycles. The van der Waals surface area contributed by atoms with E-state index in [9.17, 15) is 4.39 Å². The van der Waals surface area contributed by atoms with Gasteiger partial charge >= 0.3 is 0 Å². The van der Waals surface area contributed by atoms with Gasteiger partial charge in [-0.2, -0.15) is 4.98 Å². The van der Waals surface area contributed by atoms with Crippen molar-refractivity contribution in [2.24, 2.45) is 0 Å². The molecule has 112 valence electrons. The van der Waals surface area contributed by atoms with Crippen molar-refractivity contribution in [2.75, 3.05) is 10.6 Å². The number of rotatable bonds is 4. The van der Waals surface area contributed by atoms with Crippen LogP contribution in [0.25, 0.3) is 10.2 Å². The number of hydrogen-bond donors (Lipinski definition) is 2. The highest BCUT2D eigenvalue weighted by Gasteiger charge is 2.11. The van der Waals surface area contributed by atoms with Crippen LogP contribution in [0.2, 0.25) is 5.28 Å². The van der Waals surface area contributed by atoms with Crippen molar-refractivity contribution >= 4 is 50.3 Å². The summed E-state index contributed by atoms with van der Waals surface area (Å²) in [7, 11) is 0. The average Bonchev–Trinajstić information content (AvgIpc) is 2.96. The minimum absolute atomic E-state index is 0.122. The molecule has 7 heteroatoms. The molecule has 2 aromatic heterocycles. The lowest BCUT2D eigenvalue weighted by molar-refractivity contribution is 0.632. The Morgan fingerprint density at radius 2 is 2.14 bits per heavy atom. The van der Waals surface area contributed by atoms with Crippen molar-refractivity contribution in [3.8, 4) is 0 Å². The lowest BCUT2D eigenvalue weighted by atomic mass is 10.2. The standard InChI is InChI=1S/C15H12ClFN4S/c1-2-6-18-9-3-4-10(17)12(8-9)19-14-13-11(5-7-22-13)20-15(16)21-14/h2-8,18H,1H3,(H,19,20,21). The number of nitrogens with one attached hydrogen (secondary N) is 2. The molecule has 3 rings (SSSR count). The Bertz CT molecular complexity index is 847. The number of hydrogen-bond acceptors (Lipinski definition) is 5. The first kappa shape index (κ1) is 14.7. The fraction of sp³-hybridized carbons (Fsp3) is 0.0667. The molecular formula is C15H12ClFN4S. The van der Waals surface area contributed by atoms with Gasteiger partial charge in [0.25, 0.3) is 0 Å². The van der Waals surface area contributed by atoms with Gasteiger partial charge in [0.15, 0.2) is 5.82 Å². The van der Waals surface area contributed by atoms with E-state index in [4.69, 9.17) is 11.6 Å². The summed E-state index contributed by atoms with van der Waals surface area (Å²) < 4.78 is 14.9. The van der Waals surface area contributed by atoms with Crippen LogP contribution in [0.3, 0.4) is 0 Å². The Morgan fingerprint density at radius 3 is 2.95 bits per heavy atom. The van der Waals surface area contributed by atoms with E-state index in [0.29, 0.717) is 11.5 Å². The first-order chi connectivity index (χ1) is 10.7. The number of thiophene rings is 1. The number of nitrogens with zero attached hydrogens (tertiary/aromatic N) is 2. The SMILES string of the molecule is CC=CNc1ccc(F)c(Nc2nc(Cl)nc3ccsc23)c1. The highest BCUT2D eigenvalue weighted by Crippen LogP contribution is 2.31. The predicted molar refractivity (Wildman–Crippen MR) is 90.5 cm³/mol. The summed E-state index contributed by atoms with van der Waals surface area (Å²) in [6, 6.07) is 6.57. The molecule has 3 aromatic rings. The molecule has 0 fully saturated rings. The number of anilines is 3. The van der Waals surface area contributed by atoms with Gasteiger partial charge in [0.2, 0.25) is 5.28 Å². The maximum absolute atomic E-state index is 14.0. The number of benzene rings is 1. The van der Waals surface area contributed by atoms with Gasteiger partial charge in [-0.25, -0.2) is 9.37 Å². The smallest absolute Gasteiger partial charge is 0.224 e. The molecular weight excluding hydrogens is 323 g/mol. The quantitative estimate of drug-likeness (QED) is 0.646. The fourth-order valence-corrected chi connectivity index (χ4v) is 2.89. The molecule has 22 heavy (non-hydrogen) atoms. The van der Waals surface area contributed by atoms with E-state index in [0.717, 1.165) is 15.9 Å². The van der Waals surface area contributed by atoms with Crippen LogP contribution in [0.1, 0.15) is 6.92 Å². The molecule has 0 aliphatic carbocycles. The lowest BCUT2D eigenvalue weighted by Gasteiger charge is -2.10. The van der Waals surface area contributed by atoms with Gasteiger partial charge in [-0.05, 0) is 54.4 Å². The van der Waals surface area contributed by atoms with Crippen LogP contribution in [0.15, 0.2) is 41.9 Å². The molecule has 2 heterocycles. The van der Waals surface area contributed by atoms with Crippen LogP contribution in [-0.2, 0) is 0 Å². The summed E-state index contributed by atoms with van der Waals surface area (Å²) in [6.45, 7) is 1.89. The Balaban J connectivity index is 1.99. The van der Waals surface area contributed by atoms with Gasteiger partial charge in [0, 0.05) is 5.69 Å². The molecule has 0 saturated heterocycles. The molecule has 2 N–H and O–H groups in total. The normalized spacial score (nSPS) is 11.2. The molecule has 0 saturated carbocycles. The Hall–Kier alpha value is -2.18. The van der Waals surface area contributed by atoms with Crippen molar-refractivity contribution < 1.29 is 4.39 Å². The number of allylic oxidation sites excluding steroid dienone is 1. The van der Waals surface area contributed by atoms with Crippen LogP contribution in [0.4, 0.5) is 21.6 Å². The lowest BCUT2D eigenvalue weighted by Crippen LogP contribution is -1.99. The average molecular weight is 335 g/mol. The predicted octanol–water partition coefficient (Wildman–Crippen LogP) is 5.17. The molecule has 0 atom stereocenters. The van der Waals surface area contributed by atoms with Gasteiger partial charge in [0.1, 0.15) is 5.82 Å². The van der Waals surface area contributed by atoms with Gasteiger partial charge < -0.3 is 10.6 Å². The van der Waals surface area contributed by atoms with E-state index in [1.807, 2.05) is 24.4 Å². The molecule has 0 aliphatic heterocycles. The zero-order valence-electron chi connectivity index (χ0n) is 11.6. The van der Waals surface area contributed by atoms with E-state index >= 15 is 0 Å². The molecule has 0 spiro atoms. The van der Waals surface area contributed by atoms with Crippen LogP contribution in [0.5, 0.6) is 0 Å². The third-order valence-corrected chi connectivity index (χ3v) is 3.99. The summed E-state index contributed by atoms with van der Waals surface area (Å²) in [5.41, 5.74) is 1.82. The maximum atomic E-state index is 14.0. The van der Waals surface area contributed by atoms with E-state index in [-0.39, 0.29) is 11.1 Å². The zero-order chi connectivity index (χ0) is 15.5. The zero-order valence-corrected chi connectivity index (χ0v) is 13.2. The Morgan fingerprint density at radius 1 is 1.27 bits per heavy atom. The van der Waals surface area contributed by atoms with Crippen LogP contribution in [0, 0.1) is 5.82 Å². The molecule has 0 aliphatic rings. The van der Waals surface area contributed by atoms with Crippen molar-refractivity contribution in [1.82, 2.24) is 9.97 Å².